The van der Waals surface area contributed by atoms with Gasteiger partial charge < -0.3 is 9.64 Å². The molecule has 1 spiro atoms. The van der Waals surface area contributed by atoms with Gasteiger partial charge in [-0.25, -0.2) is 35.4 Å². The maximum absolute atomic E-state index is 15.6. The van der Waals surface area contributed by atoms with Crippen molar-refractivity contribution in [2.24, 2.45) is 0 Å². The zero-order valence-electron chi connectivity index (χ0n) is 17.4. The van der Waals surface area contributed by atoms with Gasteiger partial charge in [0.1, 0.15) is 17.5 Å². The fourth-order valence-electron chi connectivity index (χ4n) is 4.41. The van der Waals surface area contributed by atoms with E-state index >= 15 is 4.39 Å². The van der Waals surface area contributed by atoms with Gasteiger partial charge in [0.05, 0.1) is 30.4 Å². The Morgan fingerprint density at radius 1 is 1.00 bits per heavy atom. The molecule has 0 radical (unpaired) electrons. The van der Waals surface area contributed by atoms with Crippen molar-refractivity contribution in [3.05, 3.63) is 59.8 Å². The Morgan fingerprint density at radius 3 is 2.35 bits per heavy atom. The Hall–Kier alpha value is -2.90. The molecule has 0 aliphatic carbocycles. The zero-order valence-corrected chi connectivity index (χ0v) is 18.2. The molecule has 0 unspecified atom stereocenters. The number of fused-ring (bicyclic) bond motifs is 1. The van der Waals surface area contributed by atoms with Crippen molar-refractivity contribution in [2.75, 3.05) is 31.1 Å². The molecule has 2 atom stereocenters. The molecule has 3 aromatic rings. The van der Waals surface area contributed by atoms with E-state index in [1.54, 1.807) is 0 Å². The molecule has 0 saturated carbocycles. The first-order valence-corrected chi connectivity index (χ1v) is 11.7. The summed E-state index contributed by atoms with van der Waals surface area (Å²) in [5.41, 5.74) is -1.79. The van der Waals surface area contributed by atoms with E-state index in [4.69, 9.17) is 4.74 Å². The number of ether oxygens (including phenoxy) is 1. The fourth-order valence-corrected chi connectivity index (χ4v) is 6.24. The number of alkyl halides is 1. The third kappa shape index (κ3) is 3.49. The molecule has 180 valence electrons. The molecule has 5 rings (SSSR count). The van der Waals surface area contributed by atoms with Crippen LogP contribution in [0, 0.1) is 23.3 Å². The maximum atomic E-state index is 15.6. The lowest BCUT2D eigenvalue weighted by Crippen LogP contribution is -2.62. The first-order valence-electron chi connectivity index (χ1n) is 10.2. The van der Waals surface area contributed by atoms with Crippen molar-refractivity contribution in [3.63, 3.8) is 0 Å². The minimum Gasteiger partial charge on any atom is -0.355 e. The van der Waals surface area contributed by atoms with Crippen molar-refractivity contribution in [1.29, 1.82) is 0 Å². The second kappa shape index (κ2) is 8.10. The molecule has 2 fully saturated rings. The summed E-state index contributed by atoms with van der Waals surface area (Å²) in [4.78, 5) is 8.53. The van der Waals surface area contributed by atoms with Gasteiger partial charge in [0.25, 0.3) is 10.0 Å². The van der Waals surface area contributed by atoms with Crippen LogP contribution in [0.1, 0.15) is 6.42 Å². The van der Waals surface area contributed by atoms with Crippen molar-refractivity contribution in [2.45, 2.75) is 23.2 Å². The number of anilines is 1. The van der Waals surface area contributed by atoms with E-state index in [1.807, 2.05) is 0 Å². The molecular weight excluding hydrogens is 483 g/mol. The highest BCUT2D eigenvalue weighted by molar-refractivity contribution is 7.89. The van der Waals surface area contributed by atoms with E-state index in [2.05, 4.69) is 9.97 Å². The topological polar surface area (TPSA) is 75.6 Å². The van der Waals surface area contributed by atoms with E-state index in [1.165, 1.54) is 11.1 Å². The van der Waals surface area contributed by atoms with Crippen molar-refractivity contribution < 1.29 is 35.1 Å². The van der Waals surface area contributed by atoms with Gasteiger partial charge in [-0.1, -0.05) is 6.07 Å². The van der Waals surface area contributed by atoms with Crippen LogP contribution in [0.4, 0.5) is 27.8 Å². The van der Waals surface area contributed by atoms with Crippen molar-refractivity contribution in [1.82, 2.24) is 14.3 Å². The van der Waals surface area contributed by atoms with Crippen LogP contribution < -0.4 is 4.90 Å². The highest BCUT2D eigenvalue weighted by Crippen LogP contribution is 2.41. The van der Waals surface area contributed by atoms with Crippen LogP contribution in [0.2, 0.25) is 0 Å². The SMILES string of the molecule is O=S(=O)(c1c(F)cccc1F)N1CCO[C@]12CCN(c1cnc3cc(F)c(F)cc3n1)C[C@H]2F. The summed E-state index contributed by atoms with van der Waals surface area (Å²) in [5, 5.41) is 0. The van der Waals surface area contributed by atoms with Crippen LogP contribution in [0.5, 0.6) is 0 Å². The van der Waals surface area contributed by atoms with Gasteiger partial charge in [0, 0.05) is 31.6 Å². The van der Waals surface area contributed by atoms with Crippen molar-refractivity contribution >= 4 is 26.9 Å². The number of sulfonamides is 1. The molecule has 0 N–H and O–H groups in total. The number of hydrogen-bond donors (Lipinski definition) is 0. The molecule has 0 bridgehead atoms. The van der Waals surface area contributed by atoms with Crippen molar-refractivity contribution in [3.8, 4) is 0 Å². The van der Waals surface area contributed by atoms with Crippen LogP contribution in [-0.2, 0) is 14.8 Å². The molecular formula is C21H17F5N4O3S. The van der Waals surface area contributed by atoms with E-state index < -0.39 is 50.1 Å². The number of halogens is 5. The molecule has 0 amide bonds. The number of piperidine rings is 1. The van der Waals surface area contributed by atoms with Crippen LogP contribution in [0.25, 0.3) is 11.0 Å². The highest BCUT2D eigenvalue weighted by Gasteiger charge is 2.57. The Bertz CT molecular complexity index is 1370. The quantitative estimate of drug-likeness (QED) is 0.515. The lowest BCUT2D eigenvalue weighted by Gasteiger charge is -2.45. The summed E-state index contributed by atoms with van der Waals surface area (Å²) in [6.45, 7) is -0.765. The Kier molecular flexibility index (Phi) is 5.45. The fraction of sp³-hybridized carbons (Fsp3) is 0.333. The summed E-state index contributed by atoms with van der Waals surface area (Å²) in [6, 6.07) is 4.41. The van der Waals surface area contributed by atoms with Crippen LogP contribution >= 0.6 is 0 Å². The van der Waals surface area contributed by atoms with Crippen LogP contribution in [0.15, 0.2) is 41.4 Å². The second-order valence-electron chi connectivity index (χ2n) is 7.97. The Balaban J connectivity index is 1.45. The molecule has 13 heteroatoms. The number of nitrogens with zero attached hydrogens (tertiary/aromatic N) is 4. The maximum Gasteiger partial charge on any atom is 0.251 e. The summed E-state index contributed by atoms with van der Waals surface area (Å²) in [5.74, 6) is -4.59. The average Bonchev–Trinajstić information content (AvgIpc) is 3.22. The van der Waals surface area contributed by atoms with E-state index in [-0.39, 0.29) is 49.5 Å². The molecule has 2 aliphatic heterocycles. The third-order valence-corrected chi connectivity index (χ3v) is 8.02. The van der Waals surface area contributed by atoms with Crippen LogP contribution in [0.3, 0.4) is 0 Å². The van der Waals surface area contributed by atoms with Gasteiger partial charge >= 0.3 is 0 Å². The average molecular weight is 500 g/mol. The summed E-state index contributed by atoms with van der Waals surface area (Å²) < 4.78 is 104. The summed E-state index contributed by atoms with van der Waals surface area (Å²) in [6.07, 6.45) is -0.833. The lowest BCUT2D eigenvalue weighted by atomic mass is 9.98. The van der Waals surface area contributed by atoms with Gasteiger partial charge in [-0.05, 0) is 12.1 Å². The second-order valence-corrected chi connectivity index (χ2v) is 9.77. The molecule has 2 aliphatic rings. The zero-order chi connectivity index (χ0) is 24.3. The lowest BCUT2D eigenvalue weighted by molar-refractivity contribution is -0.116. The van der Waals surface area contributed by atoms with Crippen LogP contribution in [-0.4, -0.2) is 60.8 Å². The Morgan fingerprint density at radius 2 is 1.68 bits per heavy atom. The molecule has 1 aromatic heterocycles. The van der Waals surface area contributed by atoms with Gasteiger partial charge in [-0.3, -0.25) is 4.98 Å². The number of aromatic nitrogens is 2. The molecule has 34 heavy (non-hydrogen) atoms. The number of rotatable bonds is 3. The molecule has 2 aromatic carbocycles. The smallest absolute Gasteiger partial charge is 0.251 e. The largest absolute Gasteiger partial charge is 0.355 e. The normalized spacial score (nSPS) is 23.8. The predicted molar refractivity (Wildman–Crippen MR) is 110 cm³/mol. The van der Waals surface area contributed by atoms with Gasteiger partial charge in [-0.2, -0.15) is 4.31 Å². The number of hydrogen-bond acceptors (Lipinski definition) is 6. The van der Waals surface area contributed by atoms with E-state index in [9.17, 15) is 26.0 Å². The minimum atomic E-state index is -4.77. The molecule has 3 heterocycles. The third-order valence-electron chi connectivity index (χ3n) is 6.04. The minimum absolute atomic E-state index is 0.0516. The van der Waals surface area contributed by atoms with Gasteiger partial charge in [0.2, 0.25) is 0 Å². The Labute approximate surface area is 190 Å². The first kappa shape index (κ1) is 22.9. The molecule has 7 nitrogen and oxygen atoms in total. The standard InChI is InChI=1S/C21H17F5N4O3S/c22-12-2-1-3-13(23)20(12)34(31,32)30-6-7-33-21(30)4-5-29(11-18(21)26)19-10-27-16-8-14(24)15(25)9-17(16)28-19/h1-3,8-10,18H,4-7,11H2/t18-,21+/m1/s1. The molecule has 2 saturated heterocycles. The van der Waals surface area contributed by atoms with E-state index in [0.717, 1.165) is 30.3 Å². The number of benzene rings is 2. The highest BCUT2D eigenvalue weighted by atomic mass is 32.2. The van der Waals surface area contributed by atoms with Gasteiger partial charge in [-0.15, -0.1) is 0 Å². The summed E-state index contributed by atoms with van der Waals surface area (Å²) >= 11 is 0. The monoisotopic (exact) mass is 500 g/mol. The predicted octanol–water partition coefficient (Wildman–Crippen LogP) is 3.15. The first-order chi connectivity index (χ1) is 16.1. The van der Waals surface area contributed by atoms with E-state index in [0.29, 0.717) is 4.31 Å². The summed E-state index contributed by atoms with van der Waals surface area (Å²) in [7, 11) is -4.77. The van der Waals surface area contributed by atoms with Gasteiger partial charge in [0.15, 0.2) is 28.4 Å².